The zero-order valence-electron chi connectivity index (χ0n) is 19.0. The topological polar surface area (TPSA) is 88.1 Å². The highest BCUT2D eigenvalue weighted by Gasteiger charge is 2.48. The molecular weight excluding hydrogens is 474 g/mol. The van der Waals surface area contributed by atoms with Crippen molar-refractivity contribution in [3.8, 4) is 0 Å². The number of esters is 1. The van der Waals surface area contributed by atoms with E-state index in [9.17, 15) is 14.4 Å². The number of aliphatic imine (C=N–C) groups is 1. The van der Waals surface area contributed by atoms with Crippen LogP contribution in [0.15, 0.2) is 29.3 Å². The minimum absolute atomic E-state index is 0.0328. The second-order valence-corrected chi connectivity index (χ2v) is 9.70. The molecule has 0 unspecified atom stereocenters. The first-order valence-electron chi connectivity index (χ1n) is 11.3. The molecule has 0 radical (unpaired) electrons. The Hall–Kier alpha value is -2.22. The Kier molecular flexibility index (Phi) is 8.09. The second-order valence-electron chi connectivity index (χ2n) is 8.95. The van der Waals surface area contributed by atoms with Gasteiger partial charge in [0.05, 0.1) is 13.5 Å². The van der Waals surface area contributed by atoms with Crippen LogP contribution in [0.25, 0.3) is 0 Å². The Morgan fingerprint density at radius 1 is 1.25 bits per heavy atom. The van der Waals surface area contributed by atoms with Crippen molar-refractivity contribution in [3.05, 3.63) is 35.4 Å². The van der Waals surface area contributed by atoms with E-state index in [1.807, 2.05) is 17.0 Å². The Bertz CT molecular complexity index is 874. The maximum absolute atomic E-state index is 12.8. The van der Waals surface area contributed by atoms with Crippen LogP contribution in [0.5, 0.6) is 0 Å². The van der Waals surface area contributed by atoms with Crippen molar-refractivity contribution in [2.45, 2.75) is 58.0 Å². The van der Waals surface area contributed by atoms with Gasteiger partial charge >= 0.3 is 5.97 Å². The van der Waals surface area contributed by atoms with Gasteiger partial charge in [0, 0.05) is 18.7 Å². The number of rotatable bonds is 8. The fourth-order valence-electron chi connectivity index (χ4n) is 4.60. The summed E-state index contributed by atoms with van der Waals surface area (Å²) in [6.07, 6.45) is 4.82. The van der Waals surface area contributed by atoms with E-state index in [0.717, 1.165) is 31.2 Å². The number of amides is 2. The lowest BCUT2D eigenvalue weighted by Gasteiger charge is -2.42. The van der Waals surface area contributed by atoms with E-state index >= 15 is 0 Å². The number of ether oxygens (including phenoxy) is 1. The van der Waals surface area contributed by atoms with Crippen molar-refractivity contribution in [3.63, 3.8) is 0 Å². The van der Waals surface area contributed by atoms with Gasteiger partial charge < -0.3 is 15.0 Å². The zero-order chi connectivity index (χ0) is 23.3. The molecule has 1 aliphatic heterocycles. The van der Waals surface area contributed by atoms with Crippen LogP contribution in [0.1, 0.15) is 61.9 Å². The highest BCUT2D eigenvalue weighted by molar-refractivity contribution is 9.19. The van der Waals surface area contributed by atoms with Gasteiger partial charge in [-0.25, -0.2) is 4.99 Å². The maximum atomic E-state index is 12.8. The number of benzene rings is 1. The summed E-state index contributed by atoms with van der Waals surface area (Å²) in [5.74, 6) is 0.728. The summed E-state index contributed by atoms with van der Waals surface area (Å²) in [6.45, 7) is 5.36. The van der Waals surface area contributed by atoms with Gasteiger partial charge in [-0.2, -0.15) is 0 Å². The van der Waals surface area contributed by atoms with Gasteiger partial charge in [-0.3, -0.25) is 14.4 Å². The third-order valence-corrected chi connectivity index (χ3v) is 7.20. The molecule has 3 rings (SSSR count). The van der Waals surface area contributed by atoms with E-state index in [1.54, 1.807) is 12.1 Å². The molecule has 1 aromatic carbocycles. The molecule has 1 aromatic rings. The van der Waals surface area contributed by atoms with Crippen LogP contribution in [-0.4, -0.2) is 53.2 Å². The molecule has 1 saturated carbocycles. The summed E-state index contributed by atoms with van der Waals surface area (Å²) >= 11 is 3.37. The summed E-state index contributed by atoms with van der Waals surface area (Å²) in [7, 11) is 1.32. The normalized spacial score (nSPS) is 22.9. The highest BCUT2D eigenvalue weighted by Crippen LogP contribution is 2.43. The van der Waals surface area contributed by atoms with Crippen LogP contribution >= 0.6 is 15.9 Å². The summed E-state index contributed by atoms with van der Waals surface area (Å²) in [5.41, 5.74) is 1.17. The Labute approximate surface area is 198 Å². The van der Waals surface area contributed by atoms with Gasteiger partial charge in [-0.05, 0) is 77.6 Å². The molecule has 32 heavy (non-hydrogen) atoms. The fraction of sp³-hybridized carbons (Fsp3) is 0.583. The molecule has 0 aromatic heterocycles. The van der Waals surface area contributed by atoms with E-state index < -0.39 is 5.66 Å². The lowest BCUT2D eigenvalue weighted by Crippen LogP contribution is -2.50. The number of methoxy groups -OCH3 is 1. The molecule has 0 saturated heterocycles. The van der Waals surface area contributed by atoms with Crippen LogP contribution in [-0.2, 0) is 20.7 Å². The smallest absolute Gasteiger partial charge is 0.307 e. The number of nitrogens with one attached hydrogen (secondary N) is 1. The predicted octanol–water partition coefficient (Wildman–Crippen LogP) is 3.70. The van der Waals surface area contributed by atoms with E-state index in [1.165, 1.54) is 7.11 Å². The molecular formula is C24H32BrN3O4. The van der Waals surface area contributed by atoms with E-state index in [-0.39, 0.29) is 30.7 Å². The number of nitrogens with zero attached hydrogens (tertiary/aromatic N) is 2. The monoisotopic (exact) mass is 505 g/mol. The van der Waals surface area contributed by atoms with Gasteiger partial charge in [-0.15, -0.1) is 0 Å². The molecule has 1 heterocycles. The van der Waals surface area contributed by atoms with Crippen LogP contribution < -0.4 is 5.32 Å². The molecule has 2 aliphatic rings. The van der Waals surface area contributed by atoms with Crippen LogP contribution in [0, 0.1) is 11.8 Å². The number of hydrogen-bond acceptors (Lipinski definition) is 5. The van der Waals surface area contributed by atoms with Crippen molar-refractivity contribution in [2.24, 2.45) is 16.8 Å². The minimum atomic E-state index is -0.416. The Morgan fingerprint density at radius 2 is 1.91 bits per heavy atom. The van der Waals surface area contributed by atoms with E-state index in [2.05, 4.69) is 39.8 Å². The average molecular weight is 506 g/mol. The lowest BCUT2D eigenvalue weighted by atomic mass is 9.76. The van der Waals surface area contributed by atoms with Crippen molar-refractivity contribution in [1.29, 1.82) is 0 Å². The van der Waals surface area contributed by atoms with Crippen molar-refractivity contribution < 1.29 is 19.1 Å². The number of carbonyl (C=O) groups is 3. The van der Waals surface area contributed by atoms with Crippen molar-refractivity contribution in [1.82, 2.24) is 10.2 Å². The molecule has 1 N–H and O–H groups in total. The van der Waals surface area contributed by atoms with Crippen LogP contribution in [0.4, 0.5) is 0 Å². The van der Waals surface area contributed by atoms with Gasteiger partial charge in [0.1, 0.15) is 5.66 Å². The maximum Gasteiger partial charge on any atom is 0.307 e. The number of halogens is 1. The SMILES string of the molecule is COC(=O)CCNC(=O)c1ccc(CCN2C(=O)C(Br)=NC23CCC(C(C)C)CC3)cc1. The van der Waals surface area contributed by atoms with Crippen molar-refractivity contribution >= 4 is 38.3 Å². The molecule has 2 amide bonds. The molecule has 7 nitrogen and oxygen atoms in total. The standard InChI is InChI=1S/C24H32BrN3O4/c1-16(2)18-8-12-24(13-9-18)27-21(25)23(31)28(24)15-11-17-4-6-19(7-5-17)22(30)26-14-10-20(29)32-3/h4-7,16,18H,8-15H2,1-3H3,(H,26,30). The molecule has 0 atom stereocenters. The largest absolute Gasteiger partial charge is 0.469 e. The summed E-state index contributed by atoms with van der Waals surface area (Å²) in [4.78, 5) is 42.8. The predicted molar refractivity (Wildman–Crippen MR) is 127 cm³/mol. The summed E-state index contributed by atoms with van der Waals surface area (Å²) in [5, 5.41) is 2.71. The molecule has 174 valence electrons. The third kappa shape index (κ3) is 5.57. The minimum Gasteiger partial charge on any atom is -0.469 e. The van der Waals surface area contributed by atoms with Gasteiger partial charge in [0.25, 0.3) is 11.8 Å². The molecule has 1 fully saturated rings. The van der Waals surface area contributed by atoms with Gasteiger partial charge in [-0.1, -0.05) is 26.0 Å². The Balaban J connectivity index is 1.56. The highest BCUT2D eigenvalue weighted by atomic mass is 79.9. The molecule has 1 spiro atoms. The van der Waals surface area contributed by atoms with Crippen molar-refractivity contribution in [2.75, 3.05) is 20.2 Å². The molecule has 0 bridgehead atoms. The number of carbonyl (C=O) groups excluding carboxylic acids is 3. The first-order chi connectivity index (χ1) is 15.3. The average Bonchev–Trinajstić information content (AvgIpc) is 3.01. The first kappa shape index (κ1) is 24.4. The van der Waals surface area contributed by atoms with E-state index in [0.29, 0.717) is 35.0 Å². The summed E-state index contributed by atoms with van der Waals surface area (Å²) in [6, 6.07) is 7.36. The first-order valence-corrected chi connectivity index (χ1v) is 12.1. The molecule has 8 heteroatoms. The quantitative estimate of drug-likeness (QED) is 0.545. The van der Waals surface area contributed by atoms with E-state index in [4.69, 9.17) is 4.99 Å². The van der Waals surface area contributed by atoms with Crippen LogP contribution in [0.2, 0.25) is 0 Å². The van der Waals surface area contributed by atoms with Gasteiger partial charge in [0.2, 0.25) is 0 Å². The Morgan fingerprint density at radius 3 is 2.50 bits per heavy atom. The third-order valence-electron chi connectivity index (χ3n) is 6.69. The molecule has 1 aliphatic carbocycles. The fourth-order valence-corrected chi connectivity index (χ4v) is 5.14. The zero-order valence-corrected chi connectivity index (χ0v) is 20.6. The number of hydrogen-bond donors (Lipinski definition) is 1. The lowest BCUT2D eigenvalue weighted by molar-refractivity contribution is -0.140. The second kappa shape index (κ2) is 10.6. The van der Waals surface area contributed by atoms with Gasteiger partial charge in [0.15, 0.2) is 4.62 Å². The van der Waals surface area contributed by atoms with Crippen LogP contribution in [0.3, 0.4) is 0 Å². The summed E-state index contributed by atoms with van der Waals surface area (Å²) < 4.78 is 4.99.